The summed E-state index contributed by atoms with van der Waals surface area (Å²) in [6, 6.07) is 6.88. The normalized spacial score (nSPS) is 18.6. The minimum atomic E-state index is -0.839. The maximum Gasteiger partial charge on any atom is 0.294 e. The number of likely N-dealkylation sites (N-methyl/N-ethyl adjacent to an activating group) is 1. The number of benzene rings is 1. The average molecular weight is 511 g/mol. The Morgan fingerprint density at radius 1 is 1.17 bits per heavy atom. The molecule has 1 unspecified atom stereocenters. The van der Waals surface area contributed by atoms with Crippen molar-refractivity contribution >= 4 is 11.8 Å². The molecule has 0 bridgehead atoms. The van der Waals surface area contributed by atoms with Crippen molar-refractivity contribution in [1.82, 2.24) is 16.0 Å². The minimum absolute atomic E-state index is 0.00466. The minimum Gasteiger partial charge on any atom is -0.487 e. The molecule has 0 radical (unpaired) electrons. The highest BCUT2D eigenvalue weighted by atomic mass is 17.0. The molecule has 4 N–H and O–H groups in total. The highest BCUT2D eigenvalue weighted by molar-refractivity contribution is 5.77. The van der Waals surface area contributed by atoms with Crippen LogP contribution in [0, 0.1) is 16.0 Å². The van der Waals surface area contributed by atoms with Crippen molar-refractivity contribution in [2.24, 2.45) is 5.92 Å². The SMILES string of the molecule is CNC(=O)COc1ccccc1OCC(O)CNC(C)(C)CNC(=O)C[C@@H]1CCCC[C@H]1O[N+](=O)[O-]. The molecule has 36 heavy (non-hydrogen) atoms. The Hall–Kier alpha value is -3.12. The zero-order valence-electron chi connectivity index (χ0n) is 21.2. The topological polar surface area (TPSA) is 161 Å². The summed E-state index contributed by atoms with van der Waals surface area (Å²) in [5.74, 6) is 0.169. The number of nitrogens with one attached hydrogen (secondary N) is 3. The van der Waals surface area contributed by atoms with Crippen LogP contribution in [0.3, 0.4) is 0 Å². The number of β-amino-alcohol motifs (C(OH)–C–C–N with tert-alkyl or cyclic N) is 1. The number of carbonyl (C=O) groups is 2. The van der Waals surface area contributed by atoms with Crippen LogP contribution in [0.15, 0.2) is 24.3 Å². The van der Waals surface area contributed by atoms with Crippen molar-refractivity contribution in [2.75, 3.05) is 33.4 Å². The zero-order chi connectivity index (χ0) is 26.6. The summed E-state index contributed by atoms with van der Waals surface area (Å²) in [5.41, 5.74) is -0.519. The summed E-state index contributed by atoms with van der Waals surface area (Å²) in [4.78, 5) is 39.4. The molecule has 3 atom stereocenters. The van der Waals surface area contributed by atoms with Gasteiger partial charge in [0.1, 0.15) is 18.8 Å². The summed E-state index contributed by atoms with van der Waals surface area (Å²) in [5, 5.41) is 28.9. The molecule has 12 nitrogen and oxygen atoms in total. The molecule has 1 saturated carbocycles. The van der Waals surface area contributed by atoms with Gasteiger partial charge in [-0.05, 0) is 44.7 Å². The highest BCUT2D eigenvalue weighted by Crippen LogP contribution is 2.29. The van der Waals surface area contributed by atoms with Gasteiger partial charge in [-0.15, -0.1) is 10.1 Å². The van der Waals surface area contributed by atoms with Crippen LogP contribution in [0.2, 0.25) is 0 Å². The zero-order valence-corrected chi connectivity index (χ0v) is 21.2. The third-order valence-corrected chi connectivity index (χ3v) is 5.97. The molecule has 12 heteroatoms. The number of aliphatic hydroxyl groups is 1. The van der Waals surface area contributed by atoms with Crippen LogP contribution >= 0.6 is 0 Å². The molecule has 1 fully saturated rings. The van der Waals surface area contributed by atoms with Gasteiger partial charge in [0, 0.05) is 32.1 Å². The number of hydrogen-bond donors (Lipinski definition) is 4. The Kier molecular flexibility index (Phi) is 11.7. The standard InChI is InChI=1S/C24H38N4O8/c1-24(2,16-26-22(30)12-17-8-4-5-9-19(17)36-28(32)33)27-13-18(29)14-34-20-10-6-7-11-21(20)35-15-23(31)25-3/h6-7,10-11,17-19,27,29H,4-5,8-9,12-16H2,1-3H3,(H,25,31)(H,26,30)/t17-,18?,19+/m0/s1. The van der Waals surface area contributed by atoms with Gasteiger partial charge in [0.2, 0.25) is 5.91 Å². The molecule has 0 aromatic heterocycles. The fraction of sp³-hybridized carbons (Fsp3) is 0.667. The molecular formula is C24H38N4O8. The molecule has 0 spiro atoms. The fourth-order valence-corrected chi connectivity index (χ4v) is 3.89. The third-order valence-electron chi connectivity index (χ3n) is 5.97. The molecule has 202 valence electrons. The molecule has 2 rings (SSSR count). The number of nitrogens with zero attached hydrogens (tertiary/aromatic N) is 1. The van der Waals surface area contributed by atoms with Crippen LogP contribution in [0.25, 0.3) is 0 Å². The van der Waals surface area contributed by atoms with E-state index in [0.29, 0.717) is 24.5 Å². The van der Waals surface area contributed by atoms with Crippen LogP contribution in [-0.2, 0) is 14.4 Å². The molecule has 0 heterocycles. The number of para-hydroxylation sites is 2. The van der Waals surface area contributed by atoms with Crippen LogP contribution in [0.5, 0.6) is 11.5 Å². The predicted octanol–water partition coefficient (Wildman–Crippen LogP) is 1.19. The predicted molar refractivity (Wildman–Crippen MR) is 131 cm³/mol. The smallest absolute Gasteiger partial charge is 0.294 e. The van der Waals surface area contributed by atoms with Gasteiger partial charge in [-0.1, -0.05) is 25.0 Å². The van der Waals surface area contributed by atoms with E-state index in [9.17, 15) is 24.8 Å². The van der Waals surface area contributed by atoms with E-state index >= 15 is 0 Å². The molecule has 1 aromatic rings. The lowest BCUT2D eigenvalue weighted by molar-refractivity contribution is -0.771. The van der Waals surface area contributed by atoms with Crippen LogP contribution in [-0.4, -0.2) is 73.1 Å². The van der Waals surface area contributed by atoms with Crippen molar-refractivity contribution in [3.8, 4) is 11.5 Å². The first-order valence-corrected chi connectivity index (χ1v) is 12.2. The Balaban J connectivity index is 1.73. The van der Waals surface area contributed by atoms with Gasteiger partial charge in [0.15, 0.2) is 18.1 Å². The van der Waals surface area contributed by atoms with Crippen LogP contribution < -0.4 is 25.4 Å². The molecular weight excluding hydrogens is 472 g/mol. The molecule has 0 aliphatic heterocycles. The average Bonchev–Trinajstić information content (AvgIpc) is 2.85. The second-order valence-electron chi connectivity index (χ2n) is 9.53. The molecule has 1 aliphatic carbocycles. The van der Waals surface area contributed by atoms with Crippen molar-refractivity contribution in [2.45, 2.75) is 63.7 Å². The molecule has 0 saturated heterocycles. The van der Waals surface area contributed by atoms with E-state index in [2.05, 4.69) is 16.0 Å². The van der Waals surface area contributed by atoms with Gasteiger partial charge in [-0.3, -0.25) is 9.59 Å². The summed E-state index contributed by atoms with van der Waals surface area (Å²) < 4.78 is 11.1. The number of rotatable bonds is 15. The van der Waals surface area contributed by atoms with Gasteiger partial charge >= 0.3 is 0 Å². The van der Waals surface area contributed by atoms with Crippen LogP contribution in [0.1, 0.15) is 46.0 Å². The fourth-order valence-electron chi connectivity index (χ4n) is 3.89. The van der Waals surface area contributed by atoms with E-state index in [1.807, 2.05) is 13.8 Å². The summed E-state index contributed by atoms with van der Waals surface area (Å²) >= 11 is 0. The van der Waals surface area contributed by atoms with Crippen molar-refractivity contribution < 1.29 is 34.1 Å². The molecule has 2 amide bonds. The maximum absolute atomic E-state index is 12.5. The second kappa shape index (κ2) is 14.4. The maximum atomic E-state index is 12.5. The Morgan fingerprint density at radius 2 is 1.83 bits per heavy atom. The summed E-state index contributed by atoms with van der Waals surface area (Å²) in [6.07, 6.45) is 1.87. The van der Waals surface area contributed by atoms with Gasteiger partial charge in [0.25, 0.3) is 11.0 Å². The van der Waals surface area contributed by atoms with Crippen molar-refractivity contribution in [3.05, 3.63) is 34.4 Å². The number of aliphatic hydroxyl groups excluding tert-OH is 1. The molecule has 1 aliphatic rings. The first-order chi connectivity index (χ1) is 17.1. The molecule has 1 aromatic carbocycles. The van der Waals surface area contributed by atoms with Gasteiger partial charge in [-0.2, -0.15) is 0 Å². The van der Waals surface area contributed by atoms with Gasteiger partial charge in [-0.25, -0.2) is 0 Å². The summed E-state index contributed by atoms with van der Waals surface area (Å²) in [6.45, 7) is 4.15. The van der Waals surface area contributed by atoms with E-state index in [-0.39, 0.29) is 43.9 Å². The number of carbonyl (C=O) groups excluding carboxylic acids is 2. The van der Waals surface area contributed by atoms with Crippen LogP contribution in [0.4, 0.5) is 0 Å². The third kappa shape index (κ3) is 10.6. The Bertz CT molecular complexity index is 866. The van der Waals surface area contributed by atoms with E-state index in [0.717, 1.165) is 19.3 Å². The van der Waals surface area contributed by atoms with Gasteiger partial charge < -0.3 is 35.4 Å². The van der Waals surface area contributed by atoms with Gasteiger partial charge in [0.05, 0.1) is 0 Å². The van der Waals surface area contributed by atoms with Crippen molar-refractivity contribution in [3.63, 3.8) is 0 Å². The lowest BCUT2D eigenvalue weighted by Crippen LogP contribution is -2.52. The quantitative estimate of drug-likeness (QED) is 0.201. The first-order valence-electron chi connectivity index (χ1n) is 12.2. The largest absolute Gasteiger partial charge is 0.487 e. The van der Waals surface area contributed by atoms with E-state index in [1.54, 1.807) is 24.3 Å². The summed E-state index contributed by atoms with van der Waals surface area (Å²) in [7, 11) is 1.52. The number of ether oxygens (including phenoxy) is 2. The lowest BCUT2D eigenvalue weighted by atomic mass is 9.84. The van der Waals surface area contributed by atoms with E-state index in [4.69, 9.17) is 14.3 Å². The Morgan fingerprint density at radius 3 is 2.50 bits per heavy atom. The monoisotopic (exact) mass is 510 g/mol. The second-order valence-corrected chi connectivity index (χ2v) is 9.53. The number of amides is 2. The lowest BCUT2D eigenvalue weighted by Gasteiger charge is -2.31. The number of hydrogen-bond acceptors (Lipinski definition) is 9. The first kappa shape index (κ1) is 29.1. The van der Waals surface area contributed by atoms with E-state index in [1.165, 1.54) is 7.05 Å². The highest BCUT2D eigenvalue weighted by Gasteiger charge is 2.30. The van der Waals surface area contributed by atoms with Crippen molar-refractivity contribution in [1.29, 1.82) is 0 Å². The Labute approximate surface area is 211 Å². The van der Waals surface area contributed by atoms with E-state index < -0.39 is 22.8 Å².